The van der Waals surface area contributed by atoms with Crippen LogP contribution in [0, 0.1) is 0 Å². The lowest BCUT2D eigenvalue weighted by Crippen LogP contribution is -2.16. The second-order valence-corrected chi connectivity index (χ2v) is 15.6. The van der Waals surface area contributed by atoms with Crippen LogP contribution in [-0.2, 0) is 0 Å². The van der Waals surface area contributed by atoms with Gasteiger partial charge >= 0.3 is 0 Å². The number of ether oxygens (including phenoxy) is 2. The summed E-state index contributed by atoms with van der Waals surface area (Å²) in [4.78, 5) is 0. The van der Waals surface area contributed by atoms with Crippen LogP contribution >= 0.6 is 0 Å². The van der Waals surface area contributed by atoms with E-state index < -0.39 is 0 Å². The summed E-state index contributed by atoms with van der Waals surface area (Å²) in [5, 5.41) is 0. The second-order valence-electron chi connectivity index (χ2n) is 15.6. The lowest BCUT2D eigenvalue weighted by molar-refractivity contribution is 0.388. The average Bonchev–Trinajstić information content (AvgIpc) is 3.97. The Bertz CT molecular complexity index is 2000. The standard InChI is InChI=1S/C44H34O2/c1-45-43-39-35-17-37(33-15-29-25-11-23(27(29)13-31(33)35)19-7-3-5-9-21(19)25)41(39)44(46-2)42-38-18-36(40(42)43)32-14-28-24-12-26(30(28)16-34(32)38)22-10-6-4-8-20(22)24/h3-10,13-16,23-26,35-38H,11-12,17-18H2,1-2H3. The molecule has 46 heavy (non-hydrogen) atoms. The molecule has 2 heteroatoms. The summed E-state index contributed by atoms with van der Waals surface area (Å²) in [5.41, 5.74) is 24.7. The van der Waals surface area contributed by atoms with Crippen molar-refractivity contribution in [3.05, 3.63) is 162 Å². The van der Waals surface area contributed by atoms with Gasteiger partial charge in [-0.2, -0.15) is 0 Å². The van der Waals surface area contributed by atoms with Crippen molar-refractivity contribution < 1.29 is 9.47 Å². The SMILES string of the molecule is COc1c2c(c(OC)c3c1C1CC3c3cc4c(cc31)C1CC4c3ccccc31)C1CC2c2cc3c(cc21)C1CC3c2ccccc21. The highest BCUT2D eigenvalue weighted by Crippen LogP contribution is 2.71. The van der Waals surface area contributed by atoms with Crippen LogP contribution in [0.2, 0.25) is 0 Å². The Morgan fingerprint density at radius 3 is 0.848 bits per heavy atom. The van der Waals surface area contributed by atoms with Crippen LogP contribution < -0.4 is 9.47 Å². The van der Waals surface area contributed by atoms with E-state index in [0.29, 0.717) is 47.3 Å². The highest BCUT2D eigenvalue weighted by Gasteiger charge is 2.55. The molecule has 8 bridgehead atoms. The molecule has 5 aromatic rings. The maximum atomic E-state index is 6.56. The zero-order valence-electron chi connectivity index (χ0n) is 26.2. The van der Waals surface area contributed by atoms with Crippen LogP contribution in [0.25, 0.3) is 0 Å². The number of hydrogen-bond donors (Lipinski definition) is 0. The largest absolute Gasteiger partial charge is 0.496 e. The Labute approximate surface area is 269 Å². The van der Waals surface area contributed by atoms with Gasteiger partial charge in [0.2, 0.25) is 0 Å². The molecule has 8 aliphatic carbocycles. The van der Waals surface area contributed by atoms with Crippen molar-refractivity contribution in [2.75, 3.05) is 14.2 Å². The summed E-state index contributed by atoms with van der Waals surface area (Å²) in [7, 11) is 3.86. The second kappa shape index (κ2) is 7.63. The summed E-state index contributed by atoms with van der Waals surface area (Å²) in [6, 6.07) is 29.0. The van der Waals surface area contributed by atoms with Crippen molar-refractivity contribution >= 4 is 0 Å². The molecule has 0 radical (unpaired) electrons. The molecule has 0 N–H and O–H groups in total. The molecule has 13 rings (SSSR count). The van der Waals surface area contributed by atoms with E-state index in [1.54, 1.807) is 66.8 Å². The van der Waals surface area contributed by atoms with Crippen LogP contribution in [0.3, 0.4) is 0 Å². The monoisotopic (exact) mass is 594 g/mol. The van der Waals surface area contributed by atoms with E-state index >= 15 is 0 Å². The van der Waals surface area contributed by atoms with Gasteiger partial charge in [-0.15, -0.1) is 0 Å². The number of methoxy groups -OCH3 is 2. The first-order valence-electron chi connectivity index (χ1n) is 17.6. The maximum absolute atomic E-state index is 6.56. The Balaban J connectivity index is 0.985. The highest BCUT2D eigenvalue weighted by atomic mass is 16.5. The average molecular weight is 595 g/mol. The third kappa shape index (κ3) is 2.39. The zero-order chi connectivity index (χ0) is 29.7. The molecule has 0 amide bonds. The van der Waals surface area contributed by atoms with E-state index in [-0.39, 0.29) is 0 Å². The molecular formula is C44H34O2. The highest BCUT2D eigenvalue weighted by molar-refractivity contribution is 5.78. The Kier molecular flexibility index (Phi) is 3.97. The minimum Gasteiger partial charge on any atom is -0.496 e. The van der Waals surface area contributed by atoms with Crippen molar-refractivity contribution in [3.8, 4) is 11.5 Å². The fourth-order valence-electron chi connectivity index (χ4n) is 12.9. The Morgan fingerprint density at radius 1 is 0.348 bits per heavy atom. The van der Waals surface area contributed by atoms with E-state index in [0.717, 1.165) is 12.8 Å². The van der Waals surface area contributed by atoms with Gasteiger partial charge in [-0.25, -0.2) is 0 Å². The van der Waals surface area contributed by atoms with Crippen molar-refractivity contribution in [2.24, 2.45) is 0 Å². The van der Waals surface area contributed by atoms with Gasteiger partial charge in [0.15, 0.2) is 0 Å². The first-order valence-corrected chi connectivity index (χ1v) is 17.6. The smallest absolute Gasteiger partial charge is 0.127 e. The van der Waals surface area contributed by atoms with Gasteiger partial charge in [0.25, 0.3) is 0 Å². The van der Waals surface area contributed by atoms with Crippen LogP contribution in [0.4, 0.5) is 0 Å². The third-order valence-electron chi connectivity index (χ3n) is 14.3. The van der Waals surface area contributed by atoms with Gasteiger partial charge in [-0.1, -0.05) is 72.8 Å². The predicted octanol–water partition coefficient (Wildman–Crippen LogP) is 9.63. The lowest BCUT2D eigenvalue weighted by Gasteiger charge is -2.32. The van der Waals surface area contributed by atoms with Crippen LogP contribution in [0.15, 0.2) is 72.8 Å². The molecule has 0 aliphatic heterocycles. The number of benzene rings is 5. The number of rotatable bonds is 2. The molecule has 0 saturated heterocycles. The molecule has 2 nitrogen and oxygen atoms in total. The number of hydrogen-bond acceptors (Lipinski definition) is 2. The van der Waals surface area contributed by atoms with E-state index in [1.165, 1.54) is 46.6 Å². The van der Waals surface area contributed by atoms with Crippen LogP contribution in [-0.4, -0.2) is 14.2 Å². The topological polar surface area (TPSA) is 18.5 Å². The summed E-state index contributed by atoms with van der Waals surface area (Å²) < 4.78 is 13.1. The van der Waals surface area contributed by atoms with Crippen LogP contribution in [0.5, 0.6) is 11.5 Å². The fourth-order valence-corrected chi connectivity index (χ4v) is 12.9. The molecule has 0 fully saturated rings. The van der Waals surface area contributed by atoms with E-state index in [1.807, 2.05) is 14.2 Å². The summed E-state index contributed by atoms with van der Waals surface area (Å²) in [5.74, 6) is 6.21. The van der Waals surface area contributed by atoms with Crippen LogP contribution in [0.1, 0.15) is 162 Å². The predicted molar refractivity (Wildman–Crippen MR) is 179 cm³/mol. The van der Waals surface area contributed by atoms with Gasteiger partial charge < -0.3 is 9.47 Å². The minimum atomic E-state index is 0.398. The van der Waals surface area contributed by atoms with Crippen molar-refractivity contribution in [2.45, 2.75) is 73.0 Å². The first-order chi connectivity index (χ1) is 22.7. The molecule has 0 heterocycles. The minimum absolute atomic E-state index is 0.398. The molecule has 0 spiro atoms. The molecule has 8 atom stereocenters. The molecule has 8 aliphatic rings. The zero-order valence-corrected chi connectivity index (χ0v) is 26.2. The van der Waals surface area contributed by atoms with Gasteiger partial charge in [-0.05, 0) is 92.4 Å². The molecule has 222 valence electrons. The first kappa shape index (κ1) is 24.0. The Morgan fingerprint density at radius 2 is 0.587 bits per heavy atom. The van der Waals surface area contributed by atoms with Gasteiger partial charge in [0.1, 0.15) is 11.5 Å². The fraction of sp³-hybridized carbons (Fsp3) is 0.318. The van der Waals surface area contributed by atoms with Gasteiger partial charge in [0, 0.05) is 69.6 Å². The van der Waals surface area contributed by atoms with Crippen molar-refractivity contribution in [3.63, 3.8) is 0 Å². The summed E-state index contributed by atoms with van der Waals surface area (Å²) >= 11 is 0. The molecular weight excluding hydrogens is 560 g/mol. The van der Waals surface area contributed by atoms with Crippen molar-refractivity contribution in [1.29, 1.82) is 0 Å². The molecule has 0 saturated carbocycles. The maximum Gasteiger partial charge on any atom is 0.127 e. The lowest BCUT2D eigenvalue weighted by atomic mass is 9.74. The van der Waals surface area contributed by atoms with E-state index in [9.17, 15) is 0 Å². The summed E-state index contributed by atoms with van der Waals surface area (Å²) in [6.07, 6.45) is 4.81. The van der Waals surface area contributed by atoms with Gasteiger partial charge in [-0.3, -0.25) is 0 Å². The molecule has 0 aromatic heterocycles. The normalized spacial score (nSPS) is 30.5. The number of fused-ring (bicyclic) bond motifs is 32. The van der Waals surface area contributed by atoms with Gasteiger partial charge in [0.05, 0.1) is 14.2 Å². The van der Waals surface area contributed by atoms with E-state index in [4.69, 9.17) is 9.47 Å². The third-order valence-corrected chi connectivity index (χ3v) is 14.3. The molecule has 5 aromatic carbocycles. The summed E-state index contributed by atoms with van der Waals surface area (Å²) in [6.45, 7) is 0. The van der Waals surface area contributed by atoms with Crippen molar-refractivity contribution in [1.82, 2.24) is 0 Å². The quantitative estimate of drug-likeness (QED) is 0.203. The molecule has 8 unspecified atom stereocenters. The Hall–Kier alpha value is -4.30. The van der Waals surface area contributed by atoms with E-state index in [2.05, 4.69) is 72.8 Å².